The van der Waals surface area contributed by atoms with Crippen LogP contribution >= 0.6 is 11.8 Å². The standard InChI is InChI=1S/C20H26F3N5O6S/c1-9(2)33-18(31)11(27-19(32)20(21,22)23)4-6-35-7-12-13(29)14(30)17(34-12)28-5-3-10-15(24)25-8-26-16(10)28/h3,5,8-9,11-14,17,29-30H,4,6-7H2,1-2H3,(H,27,32)(H2,24,25,26)/t11?,12-,13-,14-,17-/m1/s1. The van der Waals surface area contributed by atoms with Crippen molar-refractivity contribution in [2.75, 3.05) is 17.2 Å². The normalized spacial score (nSPS) is 23.5. The average molecular weight is 522 g/mol. The smallest absolute Gasteiger partial charge is 0.461 e. The molecule has 1 amide bonds. The fourth-order valence-electron chi connectivity index (χ4n) is 3.50. The van der Waals surface area contributed by atoms with Crippen molar-refractivity contribution in [1.29, 1.82) is 0 Å². The van der Waals surface area contributed by atoms with Crippen LogP contribution in [0, 0.1) is 0 Å². The lowest BCUT2D eigenvalue weighted by atomic mass is 10.1. The van der Waals surface area contributed by atoms with E-state index in [0.29, 0.717) is 11.0 Å². The summed E-state index contributed by atoms with van der Waals surface area (Å²) >= 11 is 1.17. The molecule has 35 heavy (non-hydrogen) atoms. The first kappa shape index (κ1) is 27.0. The maximum atomic E-state index is 12.6. The summed E-state index contributed by atoms with van der Waals surface area (Å²) in [5.74, 6) is -2.68. The van der Waals surface area contributed by atoms with Gasteiger partial charge in [0.05, 0.1) is 17.6 Å². The Hall–Kier alpha value is -2.62. The quantitative estimate of drug-likeness (QED) is 0.274. The monoisotopic (exact) mass is 521 g/mol. The highest BCUT2D eigenvalue weighted by Crippen LogP contribution is 2.34. The van der Waals surface area contributed by atoms with E-state index in [0.717, 1.165) is 0 Å². The molecule has 0 saturated carbocycles. The number of aromatic nitrogens is 3. The van der Waals surface area contributed by atoms with Crippen molar-refractivity contribution in [3.63, 3.8) is 0 Å². The molecular formula is C20H26F3N5O6S. The van der Waals surface area contributed by atoms with Gasteiger partial charge in [0, 0.05) is 11.9 Å². The number of nitrogens with zero attached hydrogens (tertiary/aromatic N) is 3. The highest BCUT2D eigenvalue weighted by molar-refractivity contribution is 7.99. The topological polar surface area (TPSA) is 162 Å². The van der Waals surface area contributed by atoms with Crippen molar-refractivity contribution in [2.45, 2.75) is 63.1 Å². The summed E-state index contributed by atoms with van der Waals surface area (Å²) in [4.78, 5) is 31.5. The van der Waals surface area contributed by atoms with Gasteiger partial charge in [-0.2, -0.15) is 24.9 Å². The number of thioether (sulfide) groups is 1. The zero-order chi connectivity index (χ0) is 25.9. The zero-order valence-electron chi connectivity index (χ0n) is 18.8. The third-order valence-electron chi connectivity index (χ3n) is 5.18. The molecule has 2 aromatic heterocycles. The molecule has 1 aliphatic rings. The number of anilines is 1. The molecule has 0 bridgehead atoms. The number of amides is 1. The predicted octanol–water partition coefficient (Wildman–Crippen LogP) is 0.755. The van der Waals surface area contributed by atoms with Gasteiger partial charge in [-0.15, -0.1) is 0 Å². The highest BCUT2D eigenvalue weighted by Gasteiger charge is 2.44. The highest BCUT2D eigenvalue weighted by atomic mass is 32.2. The Balaban J connectivity index is 1.58. The molecule has 1 fully saturated rings. The van der Waals surface area contributed by atoms with E-state index in [-0.39, 0.29) is 23.7 Å². The number of aliphatic hydroxyl groups excluding tert-OH is 2. The molecule has 0 spiro atoms. The van der Waals surface area contributed by atoms with E-state index < -0.39 is 54.7 Å². The van der Waals surface area contributed by atoms with E-state index in [9.17, 15) is 33.0 Å². The van der Waals surface area contributed by atoms with Crippen LogP contribution in [0.3, 0.4) is 0 Å². The zero-order valence-corrected chi connectivity index (χ0v) is 19.6. The number of rotatable bonds is 9. The van der Waals surface area contributed by atoms with E-state index >= 15 is 0 Å². The van der Waals surface area contributed by atoms with Crippen molar-refractivity contribution in [2.24, 2.45) is 0 Å². The van der Waals surface area contributed by atoms with Gasteiger partial charge < -0.3 is 35.3 Å². The molecule has 1 aliphatic heterocycles. The number of ether oxygens (including phenoxy) is 2. The molecule has 2 aromatic rings. The Morgan fingerprint density at radius 2 is 2.03 bits per heavy atom. The number of esters is 1. The van der Waals surface area contributed by atoms with Crippen LogP contribution in [0.5, 0.6) is 0 Å². The SMILES string of the molecule is CC(C)OC(=O)C(CCSC[C@H]1O[C@@H](n2ccc3c(N)ncnc32)[C@H](O)[C@@H]1O)NC(=O)C(F)(F)F. The lowest BCUT2D eigenvalue weighted by Gasteiger charge is -2.20. The van der Waals surface area contributed by atoms with E-state index in [4.69, 9.17) is 15.2 Å². The van der Waals surface area contributed by atoms with Crippen LogP contribution in [-0.2, 0) is 19.1 Å². The Morgan fingerprint density at radius 1 is 1.31 bits per heavy atom. The van der Waals surface area contributed by atoms with Gasteiger partial charge in [0.2, 0.25) is 0 Å². The van der Waals surface area contributed by atoms with Crippen LogP contribution in [0.15, 0.2) is 18.6 Å². The van der Waals surface area contributed by atoms with Gasteiger partial charge in [-0.05, 0) is 32.1 Å². The average Bonchev–Trinajstić information content (AvgIpc) is 3.31. The number of nitrogen functional groups attached to an aromatic ring is 1. The molecule has 0 radical (unpaired) electrons. The number of carbonyl (C=O) groups excluding carboxylic acids is 2. The third-order valence-corrected chi connectivity index (χ3v) is 6.27. The summed E-state index contributed by atoms with van der Waals surface area (Å²) in [6.07, 6.45) is -7.32. The summed E-state index contributed by atoms with van der Waals surface area (Å²) in [7, 11) is 0. The summed E-state index contributed by atoms with van der Waals surface area (Å²) in [6, 6.07) is 0.157. The van der Waals surface area contributed by atoms with Gasteiger partial charge in [-0.25, -0.2) is 14.8 Å². The third kappa shape index (κ3) is 6.34. The second-order valence-corrected chi connectivity index (χ2v) is 9.29. The van der Waals surface area contributed by atoms with Crippen molar-refractivity contribution in [3.8, 4) is 0 Å². The summed E-state index contributed by atoms with van der Waals surface area (Å²) in [5, 5.41) is 23.2. The van der Waals surface area contributed by atoms with E-state index in [1.807, 2.05) is 0 Å². The molecule has 1 saturated heterocycles. The van der Waals surface area contributed by atoms with Crippen LogP contribution in [0.2, 0.25) is 0 Å². The number of nitrogens with one attached hydrogen (secondary N) is 1. The maximum absolute atomic E-state index is 12.6. The van der Waals surface area contributed by atoms with Crippen LogP contribution in [-0.4, -0.2) is 84.8 Å². The molecule has 1 unspecified atom stereocenters. The van der Waals surface area contributed by atoms with Gasteiger partial charge in [-0.3, -0.25) is 4.79 Å². The second kappa shape index (κ2) is 11.0. The lowest BCUT2D eigenvalue weighted by Crippen LogP contribution is -2.48. The minimum Gasteiger partial charge on any atom is -0.461 e. The van der Waals surface area contributed by atoms with Gasteiger partial charge >= 0.3 is 18.1 Å². The van der Waals surface area contributed by atoms with E-state index in [1.54, 1.807) is 17.6 Å². The number of nitrogens with two attached hydrogens (primary N) is 1. The van der Waals surface area contributed by atoms with Gasteiger partial charge in [-0.1, -0.05) is 0 Å². The molecule has 11 nitrogen and oxygen atoms in total. The summed E-state index contributed by atoms with van der Waals surface area (Å²) in [6.45, 7) is 3.06. The molecule has 194 valence electrons. The molecule has 5 N–H and O–H groups in total. The largest absolute Gasteiger partial charge is 0.471 e. The number of carbonyl (C=O) groups is 2. The van der Waals surface area contributed by atoms with E-state index in [1.165, 1.54) is 36.5 Å². The fraction of sp³-hybridized carbons (Fsp3) is 0.600. The Bertz CT molecular complexity index is 1050. The van der Waals surface area contributed by atoms with E-state index in [2.05, 4.69) is 9.97 Å². The predicted molar refractivity (Wildman–Crippen MR) is 119 cm³/mol. The second-order valence-electron chi connectivity index (χ2n) is 8.14. The maximum Gasteiger partial charge on any atom is 0.471 e. The number of hydrogen-bond donors (Lipinski definition) is 4. The number of halogens is 3. The first-order valence-electron chi connectivity index (χ1n) is 10.6. The van der Waals surface area contributed by atoms with Crippen LogP contribution < -0.4 is 11.1 Å². The Kier molecular flexibility index (Phi) is 8.46. The van der Waals surface area contributed by atoms with Crippen molar-refractivity contribution < 1.29 is 42.4 Å². The summed E-state index contributed by atoms with van der Waals surface area (Å²) in [5.41, 5.74) is 6.23. The minimum absolute atomic E-state index is 0.138. The lowest BCUT2D eigenvalue weighted by molar-refractivity contribution is -0.176. The summed E-state index contributed by atoms with van der Waals surface area (Å²) < 4.78 is 50.2. The molecule has 3 heterocycles. The number of hydrogen-bond acceptors (Lipinski definition) is 10. The molecule has 5 atom stereocenters. The van der Waals surface area contributed by atoms with Crippen LogP contribution in [0.1, 0.15) is 26.5 Å². The first-order valence-corrected chi connectivity index (χ1v) is 11.8. The van der Waals surface area contributed by atoms with Crippen molar-refractivity contribution >= 4 is 40.5 Å². The van der Waals surface area contributed by atoms with Gasteiger partial charge in [0.25, 0.3) is 0 Å². The number of fused-ring (bicyclic) bond motifs is 1. The minimum atomic E-state index is -5.14. The molecule has 0 aromatic carbocycles. The molecular weight excluding hydrogens is 495 g/mol. The van der Waals surface area contributed by atoms with Crippen molar-refractivity contribution in [1.82, 2.24) is 19.9 Å². The molecule has 15 heteroatoms. The molecule has 3 rings (SSSR count). The van der Waals surface area contributed by atoms with Crippen LogP contribution in [0.4, 0.5) is 19.0 Å². The number of alkyl halides is 3. The molecule has 0 aliphatic carbocycles. The van der Waals surface area contributed by atoms with Gasteiger partial charge in [0.1, 0.15) is 36.0 Å². The van der Waals surface area contributed by atoms with Crippen molar-refractivity contribution in [3.05, 3.63) is 18.6 Å². The Morgan fingerprint density at radius 3 is 2.69 bits per heavy atom. The Labute approximate surface area is 202 Å². The first-order chi connectivity index (χ1) is 16.4. The fourth-order valence-corrected chi connectivity index (χ4v) is 4.57. The number of aliphatic hydroxyl groups is 2. The van der Waals surface area contributed by atoms with Gasteiger partial charge in [0.15, 0.2) is 6.23 Å². The van der Waals surface area contributed by atoms with Crippen LogP contribution in [0.25, 0.3) is 11.0 Å².